The van der Waals surface area contributed by atoms with E-state index in [4.69, 9.17) is 4.74 Å². The van der Waals surface area contributed by atoms with Crippen LogP contribution in [0.1, 0.15) is 42.9 Å². The zero-order chi connectivity index (χ0) is 13.5. The summed E-state index contributed by atoms with van der Waals surface area (Å²) < 4.78 is 5.29. The average molecular weight is 259 g/mol. The van der Waals surface area contributed by atoms with E-state index in [1.807, 2.05) is 19.1 Å². The smallest absolute Gasteiger partial charge is 0.415 e. The first-order chi connectivity index (χ1) is 9.15. The highest BCUT2D eigenvalue weighted by Gasteiger charge is 2.49. The Balaban J connectivity index is 2.05. The molecule has 1 aromatic rings. The van der Waals surface area contributed by atoms with E-state index in [0.29, 0.717) is 6.42 Å². The van der Waals surface area contributed by atoms with Crippen molar-refractivity contribution in [3.8, 4) is 0 Å². The lowest BCUT2D eigenvalue weighted by atomic mass is 9.84. The van der Waals surface area contributed by atoms with Crippen molar-refractivity contribution in [2.24, 2.45) is 0 Å². The van der Waals surface area contributed by atoms with Gasteiger partial charge in [-0.25, -0.2) is 4.79 Å². The number of hydrogen-bond acceptors (Lipinski definition) is 3. The Bertz CT molecular complexity index is 552. The fourth-order valence-electron chi connectivity index (χ4n) is 3.04. The van der Waals surface area contributed by atoms with Crippen LogP contribution in [0, 0.1) is 0 Å². The molecule has 1 aliphatic carbocycles. The van der Waals surface area contributed by atoms with Crippen molar-refractivity contribution in [3.63, 3.8) is 0 Å². The maximum atomic E-state index is 12.0. The fourth-order valence-corrected chi connectivity index (χ4v) is 3.04. The lowest BCUT2D eigenvalue weighted by Gasteiger charge is -2.25. The van der Waals surface area contributed by atoms with Crippen LogP contribution in [-0.4, -0.2) is 12.0 Å². The van der Waals surface area contributed by atoms with E-state index in [-0.39, 0.29) is 5.91 Å². The second kappa shape index (κ2) is 4.37. The van der Waals surface area contributed by atoms with Gasteiger partial charge in [-0.1, -0.05) is 25.1 Å². The van der Waals surface area contributed by atoms with Gasteiger partial charge < -0.3 is 4.74 Å². The molecule has 100 valence electrons. The van der Waals surface area contributed by atoms with Crippen LogP contribution in [0.15, 0.2) is 18.2 Å². The van der Waals surface area contributed by atoms with Gasteiger partial charge in [-0.15, -0.1) is 0 Å². The van der Waals surface area contributed by atoms with Gasteiger partial charge >= 0.3 is 6.09 Å². The van der Waals surface area contributed by atoms with Crippen LogP contribution >= 0.6 is 0 Å². The molecule has 1 unspecified atom stereocenters. The Hall–Kier alpha value is -1.84. The number of nitrogens with one attached hydrogen (secondary N) is 1. The second-order valence-electron chi connectivity index (χ2n) is 5.21. The molecule has 0 aromatic heterocycles. The normalized spacial score (nSPS) is 25.7. The summed E-state index contributed by atoms with van der Waals surface area (Å²) in [5, 5.41) is 2.24. The first-order valence-corrected chi connectivity index (χ1v) is 6.82. The average Bonchev–Trinajstić information content (AvgIpc) is 2.73. The van der Waals surface area contributed by atoms with Crippen LogP contribution in [0.2, 0.25) is 0 Å². The number of cyclic esters (lactones) is 1. The Morgan fingerprint density at radius 1 is 1.21 bits per heavy atom. The minimum absolute atomic E-state index is 0.351. The zero-order valence-corrected chi connectivity index (χ0v) is 11.0. The van der Waals surface area contributed by atoms with Crippen molar-refractivity contribution in [1.82, 2.24) is 5.32 Å². The quantitative estimate of drug-likeness (QED) is 0.887. The molecule has 1 aliphatic heterocycles. The molecule has 4 nitrogen and oxygen atoms in total. The Morgan fingerprint density at radius 2 is 1.95 bits per heavy atom. The topological polar surface area (TPSA) is 55.4 Å². The highest BCUT2D eigenvalue weighted by Crippen LogP contribution is 2.35. The van der Waals surface area contributed by atoms with Gasteiger partial charge in [-0.3, -0.25) is 10.1 Å². The number of amides is 2. The molecule has 1 N–H and O–H groups in total. The summed E-state index contributed by atoms with van der Waals surface area (Å²) >= 11 is 0. The van der Waals surface area contributed by atoms with Crippen LogP contribution in [0.25, 0.3) is 0 Å². The fraction of sp³-hybridized carbons (Fsp3) is 0.467. The second-order valence-corrected chi connectivity index (χ2v) is 5.21. The molecule has 1 saturated heterocycles. The van der Waals surface area contributed by atoms with Gasteiger partial charge in [-0.2, -0.15) is 0 Å². The number of ether oxygens (including phenoxy) is 1. The van der Waals surface area contributed by atoms with Crippen molar-refractivity contribution >= 4 is 12.0 Å². The molecule has 0 spiro atoms. The maximum Gasteiger partial charge on any atom is 0.415 e. The number of alkyl carbamates (subject to hydrolysis) is 1. The number of carbonyl (C=O) groups is 2. The van der Waals surface area contributed by atoms with E-state index in [0.717, 1.165) is 18.4 Å². The maximum absolute atomic E-state index is 12.0. The predicted molar refractivity (Wildman–Crippen MR) is 69.7 cm³/mol. The SMILES string of the molecule is CCC1(c2ccc3c(c2)CCCC3)OC(=O)NC1=O. The number of carbonyl (C=O) groups excluding carboxylic acids is 2. The van der Waals surface area contributed by atoms with Crippen LogP contribution in [0.3, 0.4) is 0 Å². The first-order valence-electron chi connectivity index (χ1n) is 6.82. The summed E-state index contributed by atoms with van der Waals surface area (Å²) in [5.41, 5.74) is 2.29. The summed E-state index contributed by atoms with van der Waals surface area (Å²) in [6, 6.07) is 6.03. The summed E-state index contributed by atoms with van der Waals surface area (Å²) in [7, 11) is 0. The van der Waals surface area contributed by atoms with Crippen LogP contribution in [-0.2, 0) is 28.0 Å². The molecule has 0 saturated carbocycles. The van der Waals surface area contributed by atoms with Gasteiger partial charge in [0.1, 0.15) is 0 Å². The predicted octanol–water partition coefficient (Wildman–Crippen LogP) is 2.44. The molecule has 1 fully saturated rings. The van der Waals surface area contributed by atoms with Crippen LogP contribution < -0.4 is 5.32 Å². The lowest BCUT2D eigenvalue weighted by Crippen LogP contribution is -2.36. The Morgan fingerprint density at radius 3 is 2.58 bits per heavy atom. The molecule has 1 aromatic carbocycles. The van der Waals surface area contributed by atoms with Crippen LogP contribution in [0.4, 0.5) is 4.79 Å². The van der Waals surface area contributed by atoms with E-state index in [2.05, 4.69) is 11.4 Å². The summed E-state index contributed by atoms with van der Waals surface area (Å²) in [5.74, 6) is -0.351. The highest BCUT2D eigenvalue weighted by molar-refractivity contribution is 6.03. The number of rotatable bonds is 2. The highest BCUT2D eigenvalue weighted by atomic mass is 16.6. The molecular formula is C15H17NO3. The zero-order valence-electron chi connectivity index (χ0n) is 11.0. The molecule has 0 bridgehead atoms. The summed E-state index contributed by atoms with van der Waals surface area (Å²) in [4.78, 5) is 23.4. The summed E-state index contributed by atoms with van der Waals surface area (Å²) in [6.07, 6.45) is 4.34. The number of benzene rings is 1. The van der Waals surface area contributed by atoms with Gasteiger partial charge in [0.05, 0.1) is 0 Å². The standard InChI is InChI=1S/C15H17NO3/c1-2-15(13(17)16-14(18)19-15)12-8-7-10-5-3-4-6-11(10)9-12/h7-9H,2-6H2,1H3,(H,16,17,18). The molecule has 2 amide bonds. The van der Waals surface area contributed by atoms with E-state index in [9.17, 15) is 9.59 Å². The van der Waals surface area contributed by atoms with Gasteiger partial charge in [0, 0.05) is 5.56 Å². The van der Waals surface area contributed by atoms with E-state index < -0.39 is 11.7 Å². The molecule has 2 aliphatic rings. The van der Waals surface area contributed by atoms with E-state index >= 15 is 0 Å². The number of fused-ring (bicyclic) bond motifs is 1. The molecule has 1 heterocycles. The monoisotopic (exact) mass is 259 g/mol. The first kappa shape index (κ1) is 12.2. The van der Waals surface area contributed by atoms with E-state index in [1.54, 1.807) is 0 Å². The number of imide groups is 1. The molecular weight excluding hydrogens is 242 g/mol. The van der Waals surface area contributed by atoms with Gasteiger partial charge in [0.2, 0.25) is 5.60 Å². The van der Waals surface area contributed by atoms with Crippen molar-refractivity contribution < 1.29 is 14.3 Å². The van der Waals surface area contributed by atoms with Gasteiger partial charge in [0.15, 0.2) is 0 Å². The van der Waals surface area contributed by atoms with E-state index in [1.165, 1.54) is 24.0 Å². The number of aryl methyl sites for hydroxylation is 2. The van der Waals surface area contributed by atoms with Gasteiger partial charge in [-0.05, 0) is 43.2 Å². The Kier molecular flexibility index (Phi) is 2.81. The van der Waals surface area contributed by atoms with Crippen molar-refractivity contribution in [3.05, 3.63) is 34.9 Å². The summed E-state index contributed by atoms with van der Waals surface area (Å²) in [6.45, 7) is 1.86. The van der Waals surface area contributed by atoms with Crippen LogP contribution in [0.5, 0.6) is 0 Å². The molecule has 19 heavy (non-hydrogen) atoms. The third-order valence-electron chi connectivity index (χ3n) is 4.16. The van der Waals surface area contributed by atoms with Crippen molar-refractivity contribution in [2.45, 2.75) is 44.6 Å². The van der Waals surface area contributed by atoms with Gasteiger partial charge in [0.25, 0.3) is 5.91 Å². The number of hydrogen-bond donors (Lipinski definition) is 1. The largest absolute Gasteiger partial charge is 0.428 e. The molecule has 4 heteroatoms. The van der Waals surface area contributed by atoms with Crippen molar-refractivity contribution in [1.29, 1.82) is 0 Å². The minimum atomic E-state index is -1.14. The third-order valence-corrected chi connectivity index (χ3v) is 4.16. The molecule has 1 atom stereocenters. The molecule has 0 radical (unpaired) electrons. The third kappa shape index (κ3) is 1.82. The van der Waals surface area contributed by atoms with Crippen molar-refractivity contribution in [2.75, 3.05) is 0 Å². The minimum Gasteiger partial charge on any atom is -0.428 e. The molecule has 3 rings (SSSR count). The Labute approximate surface area is 112 Å². The lowest BCUT2D eigenvalue weighted by molar-refractivity contribution is -0.132.